The predicted octanol–water partition coefficient (Wildman–Crippen LogP) is 5.87. The van der Waals surface area contributed by atoms with E-state index in [2.05, 4.69) is 48.4 Å². The number of rotatable bonds is 8. The Balaban J connectivity index is 2.19. The molecule has 2 rings (SSSR count). The van der Waals surface area contributed by atoms with Gasteiger partial charge in [0.1, 0.15) is 5.60 Å². The lowest BCUT2D eigenvalue weighted by Crippen LogP contribution is -2.35. The molecular formula is C23H34N2O3S. The van der Waals surface area contributed by atoms with Crippen molar-refractivity contribution in [1.82, 2.24) is 10.3 Å². The first-order valence-corrected chi connectivity index (χ1v) is 11.0. The molecule has 0 fully saturated rings. The first-order valence-electron chi connectivity index (χ1n) is 10.1. The van der Waals surface area contributed by atoms with E-state index < -0.39 is 11.7 Å². The number of aliphatic hydroxyl groups is 1. The van der Waals surface area contributed by atoms with Crippen molar-refractivity contribution >= 4 is 17.4 Å². The fourth-order valence-corrected chi connectivity index (χ4v) is 3.99. The minimum absolute atomic E-state index is 0.00228. The van der Waals surface area contributed by atoms with Crippen LogP contribution in [0.15, 0.2) is 29.8 Å². The highest BCUT2D eigenvalue weighted by atomic mass is 32.1. The standard InChI is InChI=1S/C23H34N2O3S/c1-16-20(29-15-24-16)18-9-7-17(8-10-18)19(11-12-23(5,6)13-14-26)25-21(27)28-22(2,3)4/h7-10,15,19,26H,11-14H2,1-6H3,(H,25,27)/t19-/m0/s1. The Morgan fingerprint density at radius 1 is 1.17 bits per heavy atom. The number of carbonyl (C=O) groups is 1. The number of benzene rings is 1. The summed E-state index contributed by atoms with van der Waals surface area (Å²) in [4.78, 5) is 17.9. The molecule has 0 spiro atoms. The van der Waals surface area contributed by atoms with Crippen molar-refractivity contribution in [3.8, 4) is 10.4 Å². The quantitative estimate of drug-likeness (QED) is 0.562. The number of amides is 1. The van der Waals surface area contributed by atoms with Crippen LogP contribution < -0.4 is 5.32 Å². The zero-order valence-corrected chi connectivity index (χ0v) is 19.2. The topological polar surface area (TPSA) is 71.5 Å². The minimum atomic E-state index is -0.543. The molecule has 0 saturated heterocycles. The van der Waals surface area contributed by atoms with Gasteiger partial charge < -0.3 is 15.2 Å². The third-order valence-electron chi connectivity index (χ3n) is 4.91. The Morgan fingerprint density at radius 2 is 1.83 bits per heavy atom. The van der Waals surface area contributed by atoms with Crippen LogP contribution in [0.25, 0.3) is 10.4 Å². The molecule has 1 atom stereocenters. The molecule has 29 heavy (non-hydrogen) atoms. The van der Waals surface area contributed by atoms with Crippen LogP contribution in [-0.4, -0.2) is 28.4 Å². The number of aryl methyl sites for hydroxylation is 1. The molecule has 1 heterocycles. The molecular weight excluding hydrogens is 384 g/mol. The second-order valence-corrected chi connectivity index (χ2v) is 10.1. The van der Waals surface area contributed by atoms with Crippen LogP contribution in [0.4, 0.5) is 4.79 Å². The second kappa shape index (κ2) is 9.72. The lowest BCUT2D eigenvalue weighted by Gasteiger charge is -2.28. The molecule has 0 radical (unpaired) electrons. The van der Waals surface area contributed by atoms with Gasteiger partial charge in [0, 0.05) is 6.61 Å². The van der Waals surface area contributed by atoms with Crippen LogP contribution >= 0.6 is 11.3 Å². The minimum Gasteiger partial charge on any atom is -0.444 e. The first kappa shape index (κ1) is 23.4. The zero-order valence-electron chi connectivity index (χ0n) is 18.4. The van der Waals surface area contributed by atoms with Crippen LogP contribution in [-0.2, 0) is 4.74 Å². The predicted molar refractivity (Wildman–Crippen MR) is 119 cm³/mol. The number of carbonyl (C=O) groups excluding carboxylic acids is 1. The lowest BCUT2D eigenvalue weighted by molar-refractivity contribution is 0.0495. The highest BCUT2D eigenvalue weighted by molar-refractivity contribution is 7.13. The largest absolute Gasteiger partial charge is 0.444 e. The van der Waals surface area contributed by atoms with Crippen molar-refractivity contribution in [2.75, 3.05) is 6.61 Å². The van der Waals surface area contributed by atoms with Crippen molar-refractivity contribution in [1.29, 1.82) is 0 Å². The van der Waals surface area contributed by atoms with E-state index in [1.165, 1.54) is 0 Å². The third kappa shape index (κ3) is 7.44. The fourth-order valence-electron chi connectivity index (χ4n) is 3.18. The van der Waals surface area contributed by atoms with Gasteiger partial charge in [0.15, 0.2) is 0 Å². The fraction of sp³-hybridized carbons (Fsp3) is 0.565. The number of hydrogen-bond donors (Lipinski definition) is 2. The molecule has 160 valence electrons. The van der Waals surface area contributed by atoms with Crippen molar-refractivity contribution in [3.05, 3.63) is 41.0 Å². The van der Waals surface area contributed by atoms with Crippen molar-refractivity contribution < 1.29 is 14.6 Å². The number of nitrogens with zero attached hydrogens (tertiary/aromatic N) is 1. The number of alkyl carbamates (subject to hydrolysis) is 1. The molecule has 6 heteroatoms. The Bertz CT molecular complexity index is 791. The van der Waals surface area contributed by atoms with Gasteiger partial charge in [-0.1, -0.05) is 38.1 Å². The van der Waals surface area contributed by atoms with Crippen LogP contribution in [0.2, 0.25) is 0 Å². The summed E-state index contributed by atoms with van der Waals surface area (Å²) in [6.07, 6.45) is 1.97. The van der Waals surface area contributed by atoms with E-state index in [0.717, 1.165) is 41.0 Å². The molecule has 1 aromatic heterocycles. The summed E-state index contributed by atoms with van der Waals surface area (Å²) in [6, 6.07) is 8.14. The number of hydrogen-bond acceptors (Lipinski definition) is 5. The normalized spacial score (nSPS) is 13.2. The summed E-state index contributed by atoms with van der Waals surface area (Å²) >= 11 is 1.63. The van der Waals surface area contributed by atoms with Gasteiger partial charge in [0.05, 0.1) is 22.1 Å². The summed E-state index contributed by atoms with van der Waals surface area (Å²) < 4.78 is 5.47. The molecule has 1 aromatic carbocycles. The zero-order chi connectivity index (χ0) is 21.7. The van der Waals surface area contributed by atoms with Gasteiger partial charge in [-0.2, -0.15) is 0 Å². The highest BCUT2D eigenvalue weighted by Crippen LogP contribution is 2.33. The summed E-state index contributed by atoms with van der Waals surface area (Å²) in [5.41, 5.74) is 4.51. The number of ether oxygens (including phenoxy) is 1. The van der Waals surface area contributed by atoms with Gasteiger partial charge in [0.25, 0.3) is 0 Å². The van der Waals surface area contributed by atoms with Crippen LogP contribution in [0, 0.1) is 12.3 Å². The SMILES string of the molecule is Cc1ncsc1-c1ccc([C@H](CCC(C)(C)CCO)NC(=O)OC(C)(C)C)cc1. The van der Waals surface area contributed by atoms with Crippen LogP contribution in [0.5, 0.6) is 0 Å². The lowest BCUT2D eigenvalue weighted by atomic mass is 9.82. The molecule has 0 aliphatic heterocycles. The third-order valence-corrected chi connectivity index (χ3v) is 5.89. The summed E-state index contributed by atoms with van der Waals surface area (Å²) in [7, 11) is 0. The maximum absolute atomic E-state index is 12.4. The van der Waals surface area contributed by atoms with Gasteiger partial charge in [-0.3, -0.25) is 0 Å². The summed E-state index contributed by atoms with van der Waals surface area (Å²) in [6.45, 7) is 12.0. The Morgan fingerprint density at radius 3 is 2.34 bits per heavy atom. The molecule has 1 amide bonds. The van der Waals surface area contributed by atoms with Crippen LogP contribution in [0.1, 0.15) is 71.2 Å². The maximum Gasteiger partial charge on any atom is 0.408 e. The van der Waals surface area contributed by atoms with Crippen LogP contribution in [0.3, 0.4) is 0 Å². The van der Waals surface area contributed by atoms with E-state index in [4.69, 9.17) is 4.74 Å². The molecule has 5 nitrogen and oxygen atoms in total. The molecule has 0 unspecified atom stereocenters. The highest BCUT2D eigenvalue weighted by Gasteiger charge is 2.24. The van der Waals surface area contributed by atoms with E-state index in [9.17, 15) is 9.90 Å². The van der Waals surface area contributed by atoms with E-state index in [0.29, 0.717) is 0 Å². The van der Waals surface area contributed by atoms with E-state index in [1.807, 2.05) is 33.2 Å². The van der Waals surface area contributed by atoms with Crippen molar-refractivity contribution in [2.24, 2.45) is 5.41 Å². The Hall–Kier alpha value is -1.92. The number of aliphatic hydroxyl groups excluding tert-OH is 1. The number of nitrogens with one attached hydrogen (secondary N) is 1. The average molecular weight is 419 g/mol. The van der Waals surface area contributed by atoms with Gasteiger partial charge in [0.2, 0.25) is 0 Å². The smallest absolute Gasteiger partial charge is 0.408 e. The van der Waals surface area contributed by atoms with E-state index in [-0.39, 0.29) is 18.1 Å². The van der Waals surface area contributed by atoms with Gasteiger partial charge in [-0.15, -0.1) is 11.3 Å². The van der Waals surface area contributed by atoms with E-state index in [1.54, 1.807) is 11.3 Å². The number of thiazole rings is 1. The molecule has 0 aliphatic rings. The van der Waals surface area contributed by atoms with Crippen molar-refractivity contribution in [2.45, 2.75) is 72.4 Å². The average Bonchev–Trinajstić information content (AvgIpc) is 3.03. The number of aromatic nitrogens is 1. The van der Waals surface area contributed by atoms with E-state index >= 15 is 0 Å². The Labute approximate surface area is 178 Å². The second-order valence-electron chi connectivity index (χ2n) is 9.26. The summed E-state index contributed by atoms with van der Waals surface area (Å²) in [5.74, 6) is 0. The van der Waals surface area contributed by atoms with Crippen molar-refractivity contribution in [3.63, 3.8) is 0 Å². The molecule has 0 bridgehead atoms. The maximum atomic E-state index is 12.4. The molecule has 0 saturated carbocycles. The molecule has 0 aliphatic carbocycles. The monoisotopic (exact) mass is 418 g/mol. The molecule has 2 aromatic rings. The molecule has 2 N–H and O–H groups in total. The van der Waals surface area contributed by atoms with Gasteiger partial charge >= 0.3 is 6.09 Å². The van der Waals surface area contributed by atoms with Gasteiger partial charge in [-0.05, 0) is 63.5 Å². The first-order chi connectivity index (χ1) is 13.5. The summed E-state index contributed by atoms with van der Waals surface area (Å²) in [5, 5.41) is 12.3. The van der Waals surface area contributed by atoms with Gasteiger partial charge in [-0.25, -0.2) is 9.78 Å². The Kier molecular flexibility index (Phi) is 7.83.